The Morgan fingerprint density at radius 3 is 0.511 bits per heavy atom. The van der Waals surface area contributed by atoms with E-state index in [1.165, 1.54) is 62.4 Å². The standard InChI is InChI=1S/4C14H15NO4.2C4H8O2.2Rh/c4*1-14(2,3)10(13(18)19)15-11(16)8-6-4-5-7-9(8)12(15)17;2*1-3-6-4(2)5;;/h4*4-7,10H,1-3H3,(H,18,19);2*3H2,1-2H3;;/q;;;;;;2*+2/p-4/t4*10-;;;;/m0000..../s1. The van der Waals surface area contributed by atoms with Gasteiger partial charge in [-0.3, -0.25) is 67.5 Å². The maximum absolute atomic E-state index is 12.2. The van der Waals surface area contributed by atoms with Gasteiger partial charge >= 0.3 is 50.9 Å². The van der Waals surface area contributed by atoms with Gasteiger partial charge in [0.2, 0.25) is 0 Å². The minimum atomic E-state index is -1.43. The van der Waals surface area contributed by atoms with Crippen LogP contribution in [0.1, 0.15) is 194 Å². The maximum atomic E-state index is 12.2. The molecule has 0 spiro atoms. The number of aliphatic carboxylic acids is 4. The van der Waals surface area contributed by atoms with Crippen LogP contribution in [0.15, 0.2) is 97.1 Å². The van der Waals surface area contributed by atoms with Gasteiger partial charge in [-0.1, -0.05) is 132 Å². The normalized spacial score (nSPS) is 14.9. The molecule has 486 valence electrons. The summed E-state index contributed by atoms with van der Waals surface area (Å²) in [5.74, 6) is -10.8. The summed E-state index contributed by atoms with van der Waals surface area (Å²) >= 11 is 0. The molecule has 90 heavy (non-hydrogen) atoms. The molecule has 26 heteroatoms. The third kappa shape index (κ3) is 18.8. The van der Waals surface area contributed by atoms with Gasteiger partial charge in [-0.15, -0.1) is 0 Å². The van der Waals surface area contributed by atoms with Crippen molar-refractivity contribution in [3.63, 3.8) is 0 Å². The van der Waals surface area contributed by atoms with Crippen molar-refractivity contribution in [2.24, 2.45) is 21.7 Å². The number of ether oxygens (including phenoxy) is 2. The van der Waals surface area contributed by atoms with E-state index in [1.54, 1.807) is 145 Å². The molecular formula is C64H72N4O20Rh2. The quantitative estimate of drug-likeness (QED) is 0.125. The Morgan fingerprint density at radius 1 is 0.322 bits per heavy atom. The van der Waals surface area contributed by atoms with Gasteiger partial charge < -0.3 is 49.1 Å². The van der Waals surface area contributed by atoms with Gasteiger partial charge in [0.05, 0.1) is 106 Å². The van der Waals surface area contributed by atoms with Gasteiger partial charge in [0, 0.05) is 13.8 Å². The molecule has 8 amide bonds. The number of hydrogen-bond acceptors (Lipinski definition) is 20. The zero-order valence-corrected chi connectivity index (χ0v) is 55.9. The number of hydrogen-bond donors (Lipinski definition) is 0. The first-order chi connectivity index (χ1) is 40.5. The number of rotatable bonds is 10. The number of benzene rings is 4. The predicted molar refractivity (Wildman–Crippen MR) is 305 cm³/mol. The van der Waals surface area contributed by atoms with Gasteiger partial charge in [0.1, 0.15) is 0 Å². The molecule has 2 radical (unpaired) electrons. The predicted octanol–water partition coefficient (Wildman–Crippen LogP) is 2.92. The minimum Gasteiger partial charge on any atom is -0.548 e. The summed E-state index contributed by atoms with van der Waals surface area (Å²) in [6.07, 6.45) is 0. The van der Waals surface area contributed by atoms with E-state index in [9.17, 15) is 87.5 Å². The summed E-state index contributed by atoms with van der Waals surface area (Å²) in [7, 11) is 0. The average Bonchev–Trinajstić information content (AvgIpc) is 4.22. The van der Waals surface area contributed by atoms with E-state index in [-0.39, 0.29) is 95.4 Å². The summed E-state index contributed by atoms with van der Waals surface area (Å²) < 4.78 is 8.81. The van der Waals surface area contributed by atoms with Crippen LogP contribution in [0.2, 0.25) is 0 Å². The Morgan fingerprint density at radius 2 is 0.444 bits per heavy atom. The van der Waals surface area contributed by atoms with Crippen LogP contribution in [-0.2, 0) is 77.2 Å². The fourth-order valence-corrected chi connectivity index (χ4v) is 9.56. The third-order valence-electron chi connectivity index (χ3n) is 13.2. The van der Waals surface area contributed by atoms with E-state index in [1.807, 2.05) is 0 Å². The number of amides is 8. The second kappa shape index (κ2) is 32.3. The molecular weight excluding hydrogens is 1350 g/mol. The Balaban J connectivity index is 0.000000561. The summed E-state index contributed by atoms with van der Waals surface area (Å²) in [5, 5.41) is 45.3. The molecule has 8 rings (SSSR count). The van der Waals surface area contributed by atoms with Crippen molar-refractivity contribution in [3.8, 4) is 0 Å². The topological polar surface area (TPSA) is 363 Å². The molecule has 0 N–H and O–H groups in total. The molecule has 0 aromatic heterocycles. The molecule has 4 aromatic carbocycles. The van der Waals surface area contributed by atoms with Crippen molar-refractivity contribution in [2.45, 2.75) is 135 Å². The first-order valence-corrected chi connectivity index (χ1v) is 27.5. The molecule has 0 unspecified atom stereocenters. The summed E-state index contributed by atoms with van der Waals surface area (Å²) in [6.45, 7) is 27.1. The summed E-state index contributed by atoms with van der Waals surface area (Å²) in [6, 6.07) is 20.1. The molecule has 4 aromatic rings. The zero-order chi connectivity index (χ0) is 67.5. The molecule has 0 saturated carbocycles. The van der Waals surface area contributed by atoms with Crippen molar-refractivity contribution in [3.05, 3.63) is 142 Å². The number of carbonyl (C=O) groups excluding carboxylic acids is 14. The van der Waals surface area contributed by atoms with Gasteiger partial charge in [0.25, 0.3) is 47.3 Å². The largest absolute Gasteiger partial charge is 2.00 e. The van der Waals surface area contributed by atoms with Crippen molar-refractivity contribution >= 4 is 83.1 Å². The molecule has 24 nitrogen and oxygen atoms in total. The van der Waals surface area contributed by atoms with Crippen LogP contribution in [-0.4, -0.2) is 140 Å². The summed E-state index contributed by atoms with van der Waals surface area (Å²) in [4.78, 5) is 166. The van der Waals surface area contributed by atoms with E-state index in [0.717, 1.165) is 19.6 Å². The fourth-order valence-electron chi connectivity index (χ4n) is 9.56. The van der Waals surface area contributed by atoms with Gasteiger partial charge in [-0.2, -0.15) is 0 Å². The zero-order valence-electron chi connectivity index (χ0n) is 52.6. The monoisotopic (exact) mass is 1420 g/mol. The first-order valence-electron chi connectivity index (χ1n) is 27.5. The molecule has 4 aliphatic heterocycles. The van der Waals surface area contributed by atoms with E-state index in [4.69, 9.17) is 0 Å². The first kappa shape index (κ1) is 79.5. The van der Waals surface area contributed by atoms with Crippen LogP contribution in [0.5, 0.6) is 0 Å². The maximum Gasteiger partial charge on any atom is 2.00 e. The second-order valence-electron chi connectivity index (χ2n) is 24.3. The molecule has 0 fully saturated rings. The number of imide groups is 4. The van der Waals surface area contributed by atoms with Crippen LogP contribution in [0.4, 0.5) is 0 Å². The van der Waals surface area contributed by atoms with Crippen LogP contribution in [0.25, 0.3) is 0 Å². The number of carbonyl (C=O) groups is 14. The number of fused-ring (bicyclic) bond motifs is 4. The van der Waals surface area contributed by atoms with Crippen LogP contribution >= 0.6 is 0 Å². The average molecular weight is 1420 g/mol. The Bertz CT molecular complexity index is 2850. The minimum absolute atomic E-state index is 0. The molecule has 4 heterocycles. The van der Waals surface area contributed by atoms with Gasteiger partial charge in [0.15, 0.2) is 0 Å². The van der Waals surface area contributed by atoms with Gasteiger partial charge in [-0.05, 0) is 84.0 Å². The van der Waals surface area contributed by atoms with E-state index in [0.29, 0.717) is 13.2 Å². The number of nitrogens with zero attached hydrogens (tertiary/aromatic N) is 4. The molecule has 4 atom stereocenters. The number of carboxylic acids is 4. The molecule has 4 aliphatic rings. The third-order valence-corrected chi connectivity index (χ3v) is 13.2. The number of carboxylic acid groups (broad SMARTS) is 4. The Kier molecular flexibility index (Phi) is 28.5. The van der Waals surface area contributed by atoms with E-state index < -0.39 is 117 Å². The van der Waals surface area contributed by atoms with Crippen LogP contribution in [0.3, 0.4) is 0 Å². The molecule has 0 bridgehead atoms. The van der Waals surface area contributed by atoms with Crippen molar-refractivity contribution in [1.29, 1.82) is 0 Å². The van der Waals surface area contributed by atoms with Crippen molar-refractivity contribution < 1.29 is 136 Å². The van der Waals surface area contributed by atoms with Crippen molar-refractivity contribution in [2.75, 3.05) is 13.2 Å². The van der Waals surface area contributed by atoms with E-state index in [2.05, 4.69) is 9.47 Å². The molecule has 0 aliphatic carbocycles. The van der Waals surface area contributed by atoms with Crippen LogP contribution < -0.4 is 20.4 Å². The van der Waals surface area contributed by atoms with E-state index >= 15 is 0 Å². The fraction of sp³-hybridized carbons (Fsp3) is 0.406. The number of esters is 2. The SMILES string of the molecule is CC(C)(C)[C@H](C(=O)[O-])N1C(=O)c2ccccc2C1=O.CC(C)(C)[C@H](C(=O)[O-])N1C(=O)c2ccccc2C1=O.CC(C)(C)[C@H](C(=O)[O-])N1C(=O)c2ccccc2C1=O.CC(C)(C)[C@H](C(=O)[O-])N1C(=O)c2ccccc2C1=O.CCOC(C)=O.CCOC(C)=O.[Rh+2].[Rh+2]. The smallest absolute Gasteiger partial charge is 0.548 e. The van der Waals surface area contributed by atoms with Crippen molar-refractivity contribution in [1.82, 2.24) is 19.6 Å². The molecule has 0 saturated heterocycles. The Labute approximate surface area is 547 Å². The Hall–Kier alpha value is -8.49. The summed E-state index contributed by atoms with van der Waals surface area (Å²) in [5.41, 5.74) is -1.29. The van der Waals surface area contributed by atoms with Gasteiger partial charge in [-0.25, -0.2) is 0 Å². The van der Waals surface area contributed by atoms with Crippen LogP contribution in [0, 0.1) is 21.7 Å². The second-order valence-corrected chi connectivity index (χ2v) is 24.3.